The van der Waals surface area contributed by atoms with Gasteiger partial charge in [0.1, 0.15) is 0 Å². The van der Waals surface area contributed by atoms with Gasteiger partial charge in [-0.15, -0.1) is 0 Å². The second kappa shape index (κ2) is 10.5. The molecule has 0 aromatic heterocycles. The van der Waals surface area contributed by atoms with Crippen LogP contribution >= 0.6 is 21.8 Å². The van der Waals surface area contributed by atoms with Crippen molar-refractivity contribution in [3.8, 4) is 0 Å². The van der Waals surface area contributed by atoms with Crippen molar-refractivity contribution in [2.45, 2.75) is 112 Å². The van der Waals surface area contributed by atoms with Crippen molar-refractivity contribution in [2.24, 2.45) is 0 Å². The lowest BCUT2D eigenvalue weighted by molar-refractivity contribution is -0.0913. The van der Waals surface area contributed by atoms with Gasteiger partial charge in [-0.1, -0.05) is 12.8 Å². The minimum Gasteiger partial charge on any atom is -0.381 e. The lowest BCUT2D eigenvalue weighted by atomic mass is 9.94. The molecule has 0 bridgehead atoms. The van der Waals surface area contributed by atoms with Crippen molar-refractivity contribution in [3.05, 3.63) is 0 Å². The summed E-state index contributed by atoms with van der Waals surface area (Å²) in [5.41, 5.74) is 0. The Hall–Kier alpha value is 0.580. The summed E-state index contributed by atoms with van der Waals surface area (Å²) in [6, 6.07) is 0. The van der Waals surface area contributed by atoms with Crippen LogP contribution in [0, 0.1) is 0 Å². The van der Waals surface area contributed by atoms with Crippen LogP contribution in [-0.2, 0) is 14.2 Å². The first kappa shape index (κ1) is 22.8. The molecule has 0 atom stereocenters. The summed E-state index contributed by atoms with van der Waals surface area (Å²) < 4.78 is 19.1. The number of hydrogen-bond donors (Lipinski definition) is 2. The molecule has 0 aromatic rings. The highest BCUT2D eigenvalue weighted by atomic mass is 32.2. The summed E-state index contributed by atoms with van der Waals surface area (Å²) in [6.07, 6.45) is 19.9. The number of ether oxygens (including phenoxy) is 3. The second-order valence-electron chi connectivity index (χ2n) is 9.96. The smallest absolute Gasteiger partial charge is 0.0978 e. The standard InChI is InChI=1S/C24H46O3S2/c1-25-21-9-17-28(18-10-21)23(13-5-3-6-14-23)27-24(15-7-4-8-16-24)29-19-11-22(26-2)12-20-29/h21-22,28-29H,3-20H2,1-2H3. The van der Waals surface area contributed by atoms with Crippen molar-refractivity contribution in [1.82, 2.24) is 0 Å². The maximum atomic E-state index is 7.70. The Labute approximate surface area is 185 Å². The van der Waals surface area contributed by atoms with Crippen molar-refractivity contribution >= 4 is 21.8 Å². The highest BCUT2D eigenvalue weighted by Crippen LogP contribution is 2.62. The second-order valence-corrected chi connectivity index (χ2v) is 15.5. The molecule has 0 amide bonds. The predicted molar refractivity (Wildman–Crippen MR) is 130 cm³/mol. The number of hydrogen-bond acceptors (Lipinski definition) is 3. The third kappa shape index (κ3) is 5.16. The Kier molecular flexibility index (Phi) is 8.21. The van der Waals surface area contributed by atoms with Gasteiger partial charge in [-0.3, -0.25) is 0 Å². The van der Waals surface area contributed by atoms with E-state index in [0.29, 0.717) is 12.2 Å². The van der Waals surface area contributed by atoms with Crippen LogP contribution in [0.15, 0.2) is 0 Å². The molecule has 5 heteroatoms. The minimum absolute atomic E-state index is 0.0127. The average Bonchev–Trinajstić information content (AvgIpc) is 2.80. The molecule has 4 aliphatic rings. The van der Waals surface area contributed by atoms with Crippen LogP contribution in [0.1, 0.15) is 89.9 Å². The van der Waals surface area contributed by atoms with Crippen LogP contribution in [-0.4, -0.2) is 59.3 Å². The van der Waals surface area contributed by atoms with Gasteiger partial charge in [0.2, 0.25) is 0 Å². The molecular formula is C24H46O3S2. The number of rotatable bonds is 6. The Balaban J connectivity index is 1.53. The fourth-order valence-electron chi connectivity index (χ4n) is 6.53. The Morgan fingerprint density at radius 3 is 1.21 bits per heavy atom. The molecule has 0 N–H and O–H groups in total. The summed E-state index contributed by atoms with van der Waals surface area (Å²) in [5.74, 6) is 5.53. The van der Waals surface area contributed by atoms with Gasteiger partial charge in [0.05, 0.1) is 22.1 Å². The summed E-state index contributed by atoms with van der Waals surface area (Å²) in [7, 11) is 3.78. The van der Waals surface area contributed by atoms with E-state index in [1.807, 2.05) is 14.2 Å². The average molecular weight is 447 g/mol. The zero-order valence-electron chi connectivity index (χ0n) is 19.0. The molecule has 0 spiro atoms. The molecule has 29 heavy (non-hydrogen) atoms. The molecule has 2 saturated heterocycles. The zero-order chi connectivity index (χ0) is 20.2. The zero-order valence-corrected chi connectivity index (χ0v) is 20.8. The van der Waals surface area contributed by atoms with Crippen molar-refractivity contribution in [1.29, 1.82) is 0 Å². The molecule has 2 aliphatic carbocycles. The van der Waals surface area contributed by atoms with Crippen LogP contribution in [0.4, 0.5) is 0 Å². The van der Waals surface area contributed by atoms with Crippen LogP contribution in [0.3, 0.4) is 0 Å². The van der Waals surface area contributed by atoms with E-state index in [2.05, 4.69) is 0 Å². The van der Waals surface area contributed by atoms with Gasteiger partial charge in [0.25, 0.3) is 0 Å². The van der Waals surface area contributed by atoms with Crippen molar-refractivity contribution in [3.63, 3.8) is 0 Å². The van der Waals surface area contributed by atoms with Crippen LogP contribution < -0.4 is 0 Å². The Bertz CT molecular complexity index is 442. The van der Waals surface area contributed by atoms with E-state index >= 15 is 0 Å². The summed E-state index contributed by atoms with van der Waals surface area (Å²) in [6.45, 7) is 0. The van der Waals surface area contributed by atoms with Gasteiger partial charge in [0.15, 0.2) is 0 Å². The molecule has 0 aromatic carbocycles. The highest BCUT2D eigenvalue weighted by molar-refractivity contribution is 8.18. The fraction of sp³-hybridized carbons (Fsp3) is 1.00. The SMILES string of the molecule is COC1CC[SH](C2(OC3([SH]4CCC(OC)CC4)CCCCC3)CCCCC2)CC1. The third-order valence-electron chi connectivity index (χ3n) is 8.35. The molecule has 2 saturated carbocycles. The number of thiol groups is 2. The first-order valence-electron chi connectivity index (χ1n) is 12.5. The molecule has 3 nitrogen and oxygen atoms in total. The molecule has 2 aliphatic heterocycles. The quantitative estimate of drug-likeness (QED) is 0.494. The first-order chi connectivity index (χ1) is 14.2. The van der Waals surface area contributed by atoms with E-state index in [0.717, 1.165) is 0 Å². The van der Waals surface area contributed by atoms with Gasteiger partial charge >= 0.3 is 0 Å². The van der Waals surface area contributed by atoms with Crippen molar-refractivity contribution in [2.75, 3.05) is 37.2 Å². The predicted octanol–water partition coefficient (Wildman–Crippen LogP) is 5.94. The molecule has 0 unspecified atom stereocenters. The van der Waals surface area contributed by atoms with E-state index in [-0.39, 0.29) is 31.7 Å². The van der Waals surface area contributed by atoms with Crippen LogP contribution in [0.2, 0.25) is 0 Å². The topological polar surface area (TPSA) is 27.7 Å². The van der Waals surface area contributed by atoms with Gasteiger partial charge < -0.3 is 14.2 Å². The minimum atomic E-state index is -0.0127. The third-order valence-corrected chi connectivity index (χ3v) is 14.9. The Morgan fingerprint density at radius 1 is 0.552 bits per heavy atom. The lowest BCUT2D eigenvalue weighted by Gasteiger charge is -2.57. The molecule has 172 valence electrons. The van der Waals surface area contributed by atoms with E-state index < -0.39 is 0 Å². The van der Waals surface area contributed by atoms with E-state index in [4.69, 9.17) is 14.2 Å². The highest BCUT2D eigenvalue weighted by Gasteiger charge is 2.49. The van der Waals surface area contributed by atoms with Crippen molar-refractivity contribution < 1.29 is 14.2 Å². The van der Waals surface area contributed by atoms with Crippen LogP contribution in [0.25, 0.3) is 0 Å². The summed E-state index contributed by atoms with van der Waals surface area (Å²) in [4.78, 5) is 0.480. The van der Waals surface area contributed by atoms with Gasteiger partial charge in [-0.05, 0) is 100 Å². The monoisotopic (exact) mass is 446 g/mol. The first-order valence-corrected chi connectivity index (χ1v) is 15.9. The van der Waals surface area contributed by atoms with Crippen LogP contribution in [0.5, 0.6) is 0 Å². The maximum absolute atomic E-state index is 7.70. The molecule has 4 rings (SSSR count). The van der Waals surface area contributed by atoms with E-state index in [1.165, 1.54) is 113 Å². The number of methoxy groups -OCH3 is 2. The molecule has 0 radical (unpaired) electrons. The van der Waals surface area contributed by atoms with E-state index in [1.54, 1.807) is 0 Å². The summed E-state index contributed by atoms with van der Waals surface area (Å²) >= 11 is 0. The van der Waals surface area contributed by atoms with Gasteiger partial charge in [-0.2, -0.15) is 0 Å². The normalized spacial score (nSPS) is 40.3. The molecule has 2 heterocycles. The molecular weight excluding hydrogens is 400 g/mol. The Morgan fingerprint density at radius 2 is 0.897 bits per heavy atom. The lowest BCUT2D eigenvalue weighted by Crippen LogP contribution is -2.50. The molecule has 4 fully saturated rings. The van der Waals surface area contributed by atoms with E-state index in [9.17, 15) is 0 Å². The van der Waals surface area contributed by atoms with Gasteiger partial charge in [0, 0.05) is 14.2 Å². The summed E-state index contributed by atoms with van der Waals surface area (Å²) in [5, 5.41) is 0. The van der Waals surface area contributed by atoms with Gasteiger partial charge in [-0.25, -0.2) is 21.8 Å². The fourth-order valence-corrected chi connectivity index (χ4v) is 13.6. The largest absolute Gasteiger partial charge is 0.381 e. The maximum Gasteiger partial charge on any atom is 0.0978 e.